The highest BCUT2D eigenvalue weighted by molar-refractivity contribution is 5.80. The largest absolute Gasteiger partial charge is 0.467 e. The van der Waals surface area contributed by atoms with E-state index in [4.69, 9.17) is 10.00 Å². The molecular weight excluding hydrogens is 240 g/mol. The van der Waals surface area contributed by atoms with E-state index in [1.807, 2.05) is 25.1 Å². The second-order valence-electron chi connectivity index (χ2n) is 4.84. The van der Waals surface area contributed by atoms with E-state index in [-0.39, 0.29) is 12.0 Å². The number of nitriles is 1. The number of methoxy groups -OCH3 is 1. The first-order valence-electron chi connectivity index (χ1n) is 6.52. The van der Waals surface area contributed by atoms with Gasteiger partial charge in [0, 0.05) is 12.2 Å². The van der Waals surface area contributed by atoms with Crippen molar-refractivity contribution in [2.45, 2.75) is 32.2 Å². The number of rotatable bonds is 2. The van der Waals surface area contributed by atoms with Crippen molar-refractivity contribution in [3.8, 4) is 6.07 Å². The fourth-order valence-electron chi connectivity index (χ4n) is 2.57. The molecule has 0 spiro atoms. The van der Waals surface area contributed by atoms with Gasteiger partial charge in [-0.15, -0.1) is 0 Å². The molecule has 2 rings (SSSR count). The van der Waals surface area contributed by atoms with Gasteiger partial charge in [-0.25, -0.2) is 4.79 Å². The minimum absolute atomic E-state index is 0.179. The van der Waals surface area contributed by atoms with Gasteiger partial charge in [-0.05, 0) is 49.9 Å². The summed E-state index contributed by atoms with van der Waals surface area (Å²) in [7, 11) is 1.43. The van der Waals surface area contributed by atoms with Crippen LogP contribution in [0.15, 0.2) is 18.2 Å². The SMILES string of the molecule is COC(=O)C1CCCCN1c1ccc(C#N)c(C)c1. The van der Waals surface area contributed by atoms with E-state index in [0.717, 1.165) is 37.1 Å². The summed E-state index contributed by atoms with van der Waals surface area (Å²) in [4.78, 5) is 13.9. The molecule has 1 aromatic rings. The molecule has 1 heterocycles. The first-order chi connectivity index (χ1) is 9.17. The van der Waals surface area contributed by atoms with Gasteiger partial charge in [0.15, 0.2) is 0 Å². The Labute approximate surface area is 113 Å². The third kappa shape index (κ3) is 2.70. The van der Waals surface area contributed by atoms with Gasteiger partial charge in [-0.2, -0.15) is 5.26 Å². The zero-order valence-electron chi connectivity index (χ0n) is 11.3. The summed E-state index contributed by atoms with van der Waals surface area (Å²) in [5.74, 6) is -0.179. The summed E-state index contributed by atoms with van der Waals surface area (Å²) >= 11 is 0. The Morgan fingerprint density at radius 1 is 1.47 bits per heavy atom. The van der Waals surface area contributed by atoms with Crippen molar-refractivity contribution < 1.29 is 9.53 Å². The van der Waals surface area contributed by atoms with Crippen LogP contribution in [0.25, 0.3) is 0 Å². The number of carbonyl (C=O) groups excluding carboxylic acids is 1. The topological polar surface area (TPSA) is 53.3 Å². The molecule has 4 nitrogen and oxygen atoms in total. The number of hydrogen-bond acceptors (Lipinski definition) is 4. The fraction of sp³-hybridized carbons (Fsp3) is 0.467. The maximum Gasteiger partial charge on any atom is 0.328 e. The molecule has 0 bridgehead atoms. The molecule has 1 unspecified atom stereocenters. The van der Waals surface area contributed by atoms with Crippen molar-refractivity contribution >= 4 is 11.7 Å². The smallest absolute Gasteiger partial charge is 0.328 e. The van der Waals surface area contributed by atoms with Gasteiger partial charge < -0.3 is 9.64 Å². The highest BCUT2D eigenvalue weighted by Crippen LogP contribution is 2.27. The Morgan fingerprint density at radius 3 is 2.89 bits per heavy atom. The number of ether oxygens (including phenoxy) is 1. The van der Waals surface area contributed by atoms with Crippen LogP contribution in [0.5, 0.6) is 0 Å². The molecule has 0 N–H and O–H groups in total. The molecule has 0 aliphatic carbocycles. The molecule has 1 aliphatic heterocycles. The van der Waals surface area contributed by atoms with Gasteiger partial charge in [0.25, 0.3) is 0 Å². The Morgan fingerprint density at radius 2 is 2.26 bits per heavy atom. The van der Waals surface area contributed by atoms with Crippen molar-refractivity contribution in [2.24, 2.45) is 0 Å². The molecule has 1 aromatic carbocycles. The lowest BCUT2D eigenvalue weighted by atomic mass is 10.00. The van der Waals surface area contributed by atoms with E-state index >= 15 is 0 Å². The van der Waals surface area contributed by atoms with Crippen LogP contribution in [0.2, 0.25) is 0 Å². The zero-order chi connectivity index (χ0) is 13.8. The highest BCUT2D eigenvalue weighted by Gasteiger charge is 2.29. The summed E-state index contributed by atoms with van der Waals surface area (Å²) in [5, 5.41) is 8.96. The predicted octanol–water partition coefficient (Wildman–Crippen LogP) is 2.40. The van der Waals surface area contributed by atoms with E-state index in [9.17, 15) is 4.79 Å². The third-order valence-corrected chi connectivity index (χ3v) is 3.64. The molecular formula is C15H18N2O2. The number of nitrogens with zero attached hydrogens (tertiary/aromatic N) is 2. The van der Waals surface area contributed by atoms with Crippen molar-refractivity contribution in [1.82, 2.24) is 0 Å². The average Bonchev–Trinajstić information content (AvgIpc) is 2.46. The second-order valence-corrected chi connectivity index (χ2v) is 4.84. The van der Waals surface area contributed by atoms with E-state index in [1.165, 1.54) is 7.11 Å². The average molecular weight is 258 g/mol. The van der Waals surface area contributed by atoms with Crippen LogP contribution in [0.3, 0.4) is 0 Å². The molecule has 0 aromatic heterocycles. The van der Waals surface area contributed by atoms with Gasteiger partial charge >= 0.3 is 5.97 Å². The molecule has 1 aliphatic rings. The molecule has 1 fully saturated rings. The van der Waals surface area contributed by atoms with Gasteiger partial charge in [0.05, 0.1) is 18.7 Å². The van der Waals surface area contributed by atoms with Gasteiger partial charge in [-0.3, -0.25) is 0 Å². The first kappa shape index (κ1) is 13.4. The molecule has 4 heteroatoms. The molecule has 0 amide bonds. The Bertz CT molecular complexity index is 519. The number of aryl methyl sites for hydroxylation is 1. The molecule has 0 saturated carbocycles. The monoisotopic (exact) mass is 258 g/mol. The quantitative estimate of drug-likeness (QED) is 0.764. The number of piperidine rings is 1. The summed E-state index contributed by atoms with van der Waals surface area (Å²) < 4.78 is 4.88. The highest BCUT2D eigenvalue weighted by atomic mass is 16.5. The normalized spacial score (nSPS) is 18.8. The van der Waals surface area contributed by atoms with Gasteiger partial charge in [0.1, 0.15) is 6.04 Å². The fourth-order valence-corrected chi connectivity index (χ4v) is 2.57. The standard InChI is InChI=1S/C15H18N2O2/c1-11-9-13(7-6-12(11)10-16)17-8-4-3-5-14(17)15(18)19-2/h6-7,9,14H,3-5,8H2,1-2H3. The Hall–Kier alpha value is -2.02. The maximum atomic E-state index is 11.8. The number of carbonyl (C=O) groups is 1. The second kappa shape index (κ2) is 5.75. The van der Waals surface area contributed by atoms with E-state index in [0.29, 0.717) is 5.56 Å². The van der Waals surface area contributed by atoms with Gasteiger partial charge in [-0.1, -0.05) is 0 Å². The van der Waals surface area contributed by atoms with Crippen molar-refractivity contribution in [2.75, 3.05) is 18.6 Å². The number of benzene rings is 1. The van der Waals surface area contributed by atoms with Crippen LogP contribution in [-0.4, -0.2) is 25.7 Å². The van der Waals surface area contributed by atoms with E-state index < -0.39 is 0 Å². The minimum atomic E-state index is -0.203. The lowest BCUT2D eigenvalue weighted by Gasteiger charge is -2.35. The van der Waals surface area contributed by atoms with Crippen LogP contribution >= 0.6 is 0 Å². The molecule has 19 heavy (non-hydrogen) atoms. The maximum absolute atomic E-state index is 11.8. The lowest BCUT2D eigenvalue weighted by Crippen LogP contribution is -2.45. The van der Waals surface area contributed by atoms with Crippen LogP contribution in [0, 0.1) is 18.3 Å². The predicted molar refractivity (Wildman–Crippen MR) is 72.9 cm³/mol. The Kier molecular flexibility index (Phi) is 4.06. The molecule has 1 atom stereocenters. The summed E-state index contributed by atoms with van der Waals surface area (Å²) in [5.41, 5.74) is 2.61. The van der Waals surface area contributed by atoms with Crippen LogP contribution in [0.1, 0.15) is 30.4 Å². The summed E-state index contributed by atoms with van der Waals surface area (Å²) in [6.45, 7) is 2.77. The summed E-state index contributed by atoms with van der Waals surface area (Å²) in [6, 6.07) is 7.65. The zero-order valence-corrected chi connectivity index (χ0v) is 11.3. The van der Waals surface area contributed by atoms with E-state index in [1.54, 1.807) is 0 Å². The number of esters is 1. The van der Waals surface area contributed by atoms with Gasteiger partial charge in [0.2, 0.25) is 0 Å². The van der Waals surface area contributed by atoms with Crippen LogP contribution in [-0.2, 0) is 9.53 Å². The molecule has 100 valence electrons. The molecule has 0 radical (unpaired) electrons. The Balaban J connectivity index is 2.30. The van der Waals surface area contributed by atoms with Crippen molar-refractivity contribution in [3.05, 3.63) is 29.3 Å². The van der Waals surface area contributed by atoms with Crippen molar-refractivity contribution in [1.29, 1.82) is 5.26 Å². The summed E-state index contributed by atoms with van der Waals surface area (Å²) in [6.07, 6.45) is 2.95. The molecule has 1 saturated heterocycles. The van der Waals surface area contributed by atoms with Crippen LogP contribution < -0.4 is 4.90 Å². The van der Waals surface area contributed by atoms with Crippen LogP contribution in [0.4, 0.5) is 5.69 Å². The third-order valence-electron chi connectivity index (χ3n) is 3.64. The lowest BCUT2D eigenvalue weighted by molar-refractivity contribution is -0.142. The van der Waals surface area contributed by atoms with E-state index in [2.05, 4.69) is 11.0 Å². The minimum Gasteiger partial charge on any atom is -0.467 e. The number of hydrogen-bond donors (Lipinski definition) is 0. The van der Waals surface area contributed by atoms with Crippen molar-refractivity contribution in [3.63, 3.8) is 0 Å². The first-order valence-corrected chi connectivity index (χ1v) is 6.52. The number of anilines is 1.